The van der Waals surface area contributed by atoms with Crippen LogP contribution in [0.5, 0.6) is 11.5 Å². The lowest BCUT2D eigenvalue weighted by atomic mass is 10.1. The Kier molecular flexibility index (Phi) is 3.32. The number of hydrogen-bond donors (Lipinski definition) is 1. The highest BCUT2D eigenvalue weighted by molar-refractivity contribution is 5.73. The molecule has 1 aromatic carbocycles. The summed E-state index contributed by atoms with van der Waals surface area (Å²) in [4.78, 5) is 10.8. The number of benzene rings is 1. The van der Waals surface area contributed by atoms with Gasteiger partial charge in [0, 0.05) is 19.0 Å². The van der Waals surface area contributed by atoms with Gasteiger partial charge in [-0.05, 0) is 29.8 Å². The summed E-state index contributed by atoms with van der Waals surface area (Å²) in [5.41, 5.74) is 2.02. The zero-order chi connectivity index (χ0) is 12.3. The molecule has 0 aromatic heterocycles. The summed E-state index contributed by atoms with van der Waals surface area (Å²) in [5, 5.41) is 2.76. The molecule has 17 heavy (non-hydrogen) atoms. The van der Waals surface area contributed by atoms with E-state index in [4.69, 9.17) is 9.47 Å². The van der Waals surface area contributed by atoms with Gasteiger partial charge in [0.05, 0.1) is 7.11 Å². The predicted octanol–water partition coefficient (Wildman–Crippen LogP) is 1.61. The van der Waals surface area contributed by atoms with Gasteiger partial charge in [-0.15, -0.1) is 0 Å². The quantitative estimate of drug-likeness (QED) is 0.862. The summed E-state index contributed by atoms with van der Waals surface area (Å²) in [7, 11) is 1.63. The van der Waals surface area contributed by atoms with Gasteiger partial charge >= 0.3 is 0 Å². The molecule has 0 saturated carbocycles. The summed E-state index contributed by atoms with van der Waals surface area (Å²) in [6.07, 6.45) is 2.03. The third-order valence-corrected chi connectivity index (χ3v) is 2.55. The van der Waals surface area contributed by atoms with E-state index in [0.717, 1.165) is 22.6 Å². The van der Waals surface area contributed by atoms with Crippen molar-refractivity contribution in [3.8, 4) is 11.5 Å². The molecule has 1 aliphatic rings. The van der Waals surface area contributed by atoms with Crippen molar-refractivity contribution in [2.45, 2.75) is 6.92 Å². The van der Waals surface area contributed by atoms with E-state index in [9.17, 15) is 4.79 Å². The Balaban J connectivity index is 2.17. The Morgan fingerprint density at radius 3 is 3.06 bits per heavy atom. The Hall–Kier alpha value is -1.97. The van der Waals surface area contributed by atoms with E-state index in [1.807, 2.05) is 24.3 Å². The lowest BCUT2D eigenvalue weighted by Crippen LogP contribution is -2.25. The fourth-order valence-corrected chi connectivity index (χ4v) is 1.67. The van der Waals surface area contributed by atoms with Gasteiger partial charge in [0.1, 0.15) is 18.1 Å². The molecule has 1 aromatic rings. The first-order valence-electron chi connectivity index (χ1n) is 5.44. The second-order valence-electron chi connectivity index (χ2n) is 3.90. The zero-order valence-corrected chi connectivity index (χ0v) is 9.95. The highest BCUT2D eigenvalue weighted by Gasteiger charge is 2.12. The van der Waals surface area contributed by atoms with Crippen LogP contribution in [-0.4, -0.2) is 26.2 Å². The maximum Gasteiger partial charge on any atom is 0.217 e. The molecule has 0 spiro atoms. The molecular formula is C13H15NO3. The smallest absolute Gasteiger partial charge is 0.217 e. The first kappa shape index (κ1) is 11.5. The second kappa shape index (κ2) is 4.91. The minimum absolute atomic E-state index is 0.0395. The Morgan fingerprint density at radius 1 is 1.53 bits per heavy atom. The van der Waals surface area contributed by atoms with E-state index in [1.54, 1.807) is 7.11 Å². The summed E-state index contributed by atoms with van der Waals surface area (Å²) in [5.74, 6) is 1.60. The third kappa shape index (κ3) is 2.78. The monoisotopic (exact) mass is 233 g/mol. The van der Waals surface area contributed by atoms with Crippen LogP contribution in [0.1, 0.15) is 12.5 Å². The zero-order valence-electron chi connectivity index (χ0n) is 9.95. The average Bonchev–Trinajstić information content (AvgIpc) is 2.35. The predicted molar refractivity (Wildman–Crippen MR) is 65.1 cm³/mol. The van der Waals surface area contributed by atoms with Crippen molar-refractivity contribution in [2.24, 2.45) is 0 Å². The van der Waals surface area contributed by atoms with Gasteiger partial charge in [-0.1, -0.05) is 0 Å². The highest BCUT2D eigenvalue weighted by Crippen LogP contribution is 2.29. The van der Waals surface area contributed by atoms with Crippen molar-refractivity contribution in [1.29, 1.82) is 0 Å². The third-order valence-electron chi connectivity index (χ3n) is 2.55. The first-order chi connectivity index (χ1) is 8.19. The van der Waals surface area contributed by atoms with Gasteiger partial charge < -0.3 is 14.8 Å². The van der Waals surface area contributed by atoms with Crippen molar-refractivity contribution < 1.29 is 14.3 Å². The first-order valence-corrected chi connectivity index (χ1v) is 5.44. The number of fused-ring (bicyclic) bond motifs is 1. The number of rotatable bonds is 3. The molecule has 1 N–H and O–H groups in total. The molecule has 1 amide bonds. The molecule has 0 atom stereocenters. The van der Waals surface area contributed by atoms with Crippen LogP contribution in [0.25, 0.3) is 6.08 Å². The normalized spacial score (nSPS) is 13.2. The topological polar surface area (TPSA) is 47.6 Å². The summed E-state index contributed by atoms with van der Waals surface area (Å²) >= 11 is 0. The molecule has 0 unspecified atom stereocenters. The van der Waals surface area contributed by atoms with Crippen LogP contribution in [0, 0.1) is 0 Å². The number of hydrogen-bond acceptors (Lipinski definition) is 3. The van der Waals surface area contributed by atoms with E-state index >= 15 is 0 Å². The number of ether oxygens (including phenoxy) is 2. The maximum absolute atomic E-state index is 10.8. The largest absolute Gasteiger partial charge is 0.497 e. The van der Waals surface area contributed by atoms with E-state index in [-0.39, 0.29) is 5.91 Å². The van der Waals surface area contributed by atoms with E-state index in [1.165, 1.54) is 6.92 Å². The molecule has 0 saturated heterocycles. The van der Waals surface area contributed by atoms with Crippen LogP contribution >= 0.6 is 0 Å². The molecule has 1 aliphatic heterocycles. The molecule has 0 fully saturated rings. The van der Waals surface area contributed by atoms with E-state index in [0.29, 0.717) is 13.2 Å². The Labute approximate surface area is 100 Å². The average molecular weight is 233 g/mol. The van der Waals surface area contributed by atoms with Crippen molar-refractivity contribution in [2.75, 3.05) is 20.3 Å². The van der Waals surface area contributed by atoms with Crippen LogP contribution in [0.4, 0.5) is 0 Å². The van der Waals surface area contributed by atoms with Gasteiger partial charge in [-0.3, -0.25) is 4.79 Å². The summed E-state index contributed by atoms with van der Waals surface area (Å²) in [6.45, 7) is 2.53. The van der Waals surface area contributed by atoms with Crippen LogP contribution < -0.4 is 14.8 Å². The van der Waals surface area contributed by atoms with Gasteiger partial charge in [0.15, 0.2) is 0 Å². The number of nitrogens with one attached hydrogen (secondary N) is 1. The van der Waals surface area contributed by atoms with Gasteiger partial charge in [0.2, 0.25) is 5.91 Å². The molecule has 2 rings (SSSR count). The minimum Gasteiger partial charge on any atom is -0.497 e. The molecule has 1 heterocycles. The fraction of sp³-hybridized carbons (Fsp3) is 0.308. The van der Waals surface area contributed by atoms with Crippen molar-refractivity contribution in [1.82, 2.24) is 5.32 Å². The molecule has 0 aliphatic carbocycles. The maximum atomic E-state index is 10.8. The number of carbonyl (C=O) groups is 1. The minimum atomic E-state index is -0.0395. The SMILES string of the molecule is COc1ccc2c(c1)C=C(CNC(C)=O)CO2. The van der Waals surface area contributed by atoms with Gasteiger partial charge in [0.25, 0.3) is 0 Å². The molecule has 0 bridgehead atoms. The fourth-order valence-electron chi connectivity index (χ4n) is 1.67. The van der Waals surface area contributed by atoms with E-state index < -0.39 is 0 Å². The van der Waals surface area contributed by atoms with Gasteiger partial charge in [-0.2, -0.15) is 0 Å². The van der Waals surface area contributed by atoms with Crippen molar-refractivity contribution in [3.63, 3.8) is 0 Å². The highest BCUT2D eigenvalue weighted by atomic mass is 16.5. The summed E-state index contributed by atoms with van der Waals surface area (Å²) < 4.78 is 10.8. The Morgan fingerprint density at radius 2 is 2.35 bits per heavy atom. The van der Waals surface area contributed by atoms with Crippen LogP contribution in [0.2, 0.25) is 0 Å². The van der Waals surface area contributed by atoms with Crippen LogP contribution in [0.15, 0.2) is 23.8 Å². The molecule has 4 heteroatoms. The Bertz CT molecular complexity index is 466. The van der Waals surface area contributed by atoms with Crippen LogP contribution in [0.3, 0.4) is 0 Å². The molecule has 0 radical (unpaired) electrons. The van der Waals surface area contributed by atoms with Gasteiger partial charge in [-0.25, -0.2) is 0 Å². The number of methoxy groups -OCH3 is 1. The van der Waals surface area contributed by atoms with Crippen molar-refractivity contribution >= 4 is 12.0 Å². The molecular weight excluding hydrogens is 218 g/mol. The van der Waals surface area contributed by atoms with Crippen LogP contribution in [-0.2, 0) is 4.79 Å². The number of carbonyl (C=O) groups excluding carboxylic acids is 1. The second-order valence-corrected chi connectivity index (χ2v) is 3.90. The standard InChI is InChI=1S/C13H15NO3/c1-9(15)14-7-10-5-11-6-12(16-2)3-4-13(11)17-8-10/h3-6H,7-8H2,1-2H3,(H,14,15). The summed E-state index contributed by atoms with van der Waals surface area (Å²) in [6, 6.07) is 5.67. The number of amides is 1. The molecule has 4 nitrogen and oxygen atoms in total. The molecule has 90 valence electrons. The van der Waals surface area contributed by atoms with E-state index in [2.05, 4.69) is 5.32 Å². The lowest BCUT2D eigenvalue weighted by Gasteiger charge is -2.18. The lowest BCUT2D eigenvalue weighted by molar-refractivity contribution is -0.118. The van der Waals surface area contributed by atoms with Crippen molar-refractivity contribution in [3.05, 3.63) is 29.3 Å².